The Balaban J connectivity index is 1.63. The number of aryl methyl sites for hydroxylation is 2. The maximum atomic E-state index is 5.65. The van der Waals surface area contributed by atoms with Crippen molar-refractivity contribution in [2.45, 2.75) is 45.7 Å². The largest absolute Gasteiger partial charge is 0.424 e. The molecule has 1 heterocycles. The minimum absolute atomic E-state index is 0.662. The standard InChI is InChI=1S/C15H19N3O/c1-10-3-4-12(7-11(10)2)8-14-17-18-15(19-14)9-16-13-5-6-13/h3-4,7,13,16H,5-6,8-9H2,1-2H3. The molecule has 1 saturated carbocycles. The Kier molecular flexibility index (Phi) is 3.34. The van der Waals surface area contributed by atoms with E-state index in [0.29, 0.717) is 30.8 Å². The normalized spacial score (nSPS) is 14.8. The first-order chi connectivity index (χ1) is 9.20. The fourth-order valence-electron chi connectivity index (χ4n) is 2.04. The van der Waals surface area contributed by atoms with Crippen LogP contribution in [0.25, 0.3) is 0 Å². The molecule has 1 aromatic heterocycles. The van der Waals surface area contributed by atoms with Crippen LogP contribution in [0.3, 0.4) is 0 Å². The summed E-state index contributed by atoms with van der Waals surface area (Å²) in [5, 5.41) is 11.5. The molecule has 0 spiro atoms. The second-order valence-corrected chi connectivity index (χ2v) is 5.34. The van der Waals surface area contributed by atoms with Gasteiger partial charge in [0.05, 0.1) is 13.0 Å². The molecule has 1 aliphatic rings. The van der Waals surface area contributed by atoms with Crippen LogP contribution in [-0.2, 0) is 13.0 Å². The Labute approximate surface area is 113 Å². The van der Waals surface area contributed by atoms with Crippen LogP contribution in [0.5, 0.6) is 0 Å². The molecule has 4 heteroatoms. The third kappa shape index (κ3) is 3.20. The first-order valence-electron chi connectivity index (χ1n) is 6.81. The summed E-state index contributed by atoms with van der Waals surface area (Å²) < 4.78 is 5.65. The fourth-order valence-corrected chi connectivity index (χ4v) is 2.04. The minimum Gasteiger partial charge on any atom is -0.424 e. The third-order valence-corrected chi connectivity index (χ3v) is 3.55. The van der Waals surface area contributed by atoms with E-state index in [9.17, 15) is 0 Å². The van der Waals surface area contributed by atoms with Crippen molar-refractivity contribution < 1.29 is 4.42 Å². The molecular formula is C15H19N3O. The van der Waals surface area contributed by atoms with Crippen molar-refractivity contribution in [1.29, 1.82) is 0 Å². The number of hydrogen-bond donors (Lipinski definition) is 1. The van der Waals surface area contributed by atoms with Crippen molar-refractivity contribution in [2.75, 3.05) is 0 Å². The zero-order valence-electron chi connectivity index (χ0n) is 11.4. The molecule has 0 unspecified atom stereocenters. The van der Waals surface area contributed by atoms with E-state index in [-0.39, 0.29) is 0 Å². The predicted molar refractivity (Wildman–Crippen MR) is 72.9 cm³/mol. The Morgan fingerprint density at radius 3 is 2.68 bits per heavy atom. The lowest BCUT2D eigenvalue weighted by Crippen LogP contribution is -2.15. The molecule has 2 aromatic rings. The molecule has 100 valence electrons. The molecule has 0 bridgehead atoms. The van der Waals surface area contributed by atoms with Gasteiger partial charge >= 0.3 is 0 Å². The Morgan fingerprint density at radius 2 is 1.95 bits per heavy atom. The molecule has 19 heavy (non-hydrogen) atoms. The SMILES string of the molecule is Cc1ccc(Cc2nnc(CNC3CC3)o2)cc1C. The van der Waals surface area contributed by atoms with Crippen LogP contribution < -0.4 is 5.32 Å². The van der Waals surface area contributed by atoms with E-state index in [2.05, 4.69) is 47.6 Å². The van der Waals surface area contributed by atoms with Gasteiger partial charge in [0.25, 0.3) is 0 Å². The number of nitrogens with zero attached hydrogens (tertiary/aromatic N) is 2. The van der Waals surface area contributed by atoms with Gasteiger partial charge in [-0.2, -0.15) is 0 Å². The Morgan fingerprint density at radius 1 is 1.16 bits per heavy atom. The first-order valence-corrected chi connectivity index (χ1v) is 6.81. The van der Waals surface area contributed by atoms with Gasteiger partial charge in [-0.1, -0.05) is 18.2 Å². The number of hydrogen-bond acceptors (Lipinski definition) is 4. The molecule has 1 fully saturated rings. The van der Waals surface area contributed by atoms with Gasteiger partial charge in [-0.05, 0) is 43.4 Å². The van der Waals surface area contributed by atoms with E-state index >= 15 is 0 Å². The summed E-state index contributed by atoms with van der Waals surface area (Å²) in [7, 11) is 0. The van der Waals surface area contributed by atoms with Crippen LogP contribution >= 0.6 is 0 Å². The molecule has 1 N–H and O–H groups in total. The second-order valence-electron chi connectivity index (χ2n) is 5.34. The summed E-state index contributed by atoms with van der Waals surface area (Å²) in [6.45, 7) is 4.93. The van der Waals surface area contributed by atoms with Crippen LogP contribution in [0.2, 0.25) is 0 Å². The van der Waals surface area contributed by atoms with Gasteiger partial charge in [-0.25, -0.2) is 0 Å². The Hall–Kier alpha value is -1.68. The Bertz CT molecular complexity index is 573. The average Bonchev–Trinajstić information content (AvgIpc) is 3.12. The van der Waals surface area contributed by atoms with E-state index in [1.54, 1.807) is 0 Å². The summed E-state index contributed by atoms with van der Waals surface area (Å²) >= 11 is 0. The number of rotatable bonds is 5. The predicted octanol–water partition coefficient (Wildman–Crippen LogP) is 2.53. The molecule has 0 amide bonds. The van der Waals surface area contributed by atoms with Crippen molar-refractivity contribution in [3.63, 3.8) is 0 Å². The molecule has 0 aliphatic heterocycles. The molecule has 4 nitrogen and oxygen atoms in total. The zero-order valence-corrected chi connectivity index (χ0v) is 11.4. The third-order valence-electron chi connectivity index (χ3n) is 3.55. The highest BCUT2D eigenvalue weighted by molar-refractivity contribution is 5.31. The van der Waals surface area contributed by atoms with Gasteiger partial charge in [0.15, 0.2) is 0 Å². The summed E-state index contributed by atoms with van der Waals surface area (Å²) in [4.78, 5) is 0. The second kappa shape index (κ2) is 5.13. The van der Waals surface area contributed by atoms with Crippen molar-refractivity contribution >= 4 is 0 Å². The van der Waals surface area contributed by atoms with Gasteiger partial charge < -0.3 is 9.73 Å². The summed E-state index contributed by atoms with van der Waals surface area (Å²) in [6, 6.07) is 7.10. The molecule has 0 saturated heterocycles. The van der Waals surface area contributed by atoms with Gasteiger partial charge in [-0.3, -0.25) is 0 Å². The molecule has 1 aliphatic carbocycles. The van der Waals surface area contributed by atoms with E-state index in [1.807, 2.05) is 0 Å². The minimum atomic E-state index is 0.662. The summed E-state index contributed by atoms with van der Waals surface area (Å²) in [5.41, 5.74) is 3.82. The van der Waals surface area contributed by atoms with Crippen LogP contribution in [0, 0.1) is 13.8 Å². The van der Waals surface area contributed by atoms with E-state index in [1.165, 1.54) is 29.5 Å². The zero-order chi connectivity index (χ0) is 13.2. The molecular weight excluding hydrogens is 238 g/mol. The molecule has 1 aromatic carbocycles. The van der Waals surface area contributed by atoms with Crippen LogP contribution in [0.1, 0.15) is 41.3 Å². The molecule has 3 rings (SSSR count). The van der Waals surface area contributed by atoms with Crippen LogP contribution in [0.15, 0.2) is 22.6 Å². The highest BCUT2D eigenvalue weighted by Gasteiger charge is 2.21. The van der Waals surface area contributed by atoms with E-state index in [4.69, 9.17) is 4.42 Å². The van der Waals surface area contributed by atoms with Crippen molar-refractivity contribution in [3.05, 3.63) is 46.7 Å². The lowest BCUT2D eigenvalue weighted by atomic mass is 10.0. The fraction of sp³-hybridized carbons (Fsp3) is 0.467. The maximum absolute atomic E-state index is 5.65. The monoisotopic (exact) mass is 257 g/mol. The number of aromatic nitrogens is 2. The van der Waals surface area contributed by atoms with Crippen molar-refractivity contribution in [3.8, 4) is 0 Å². The maximum Gasteiger partial charge on any atom is 0.230 e. The highest BCUT2D eigenvalue weighted by Crippen LogP contribution is 2.19. The van der Waals surface area contributed by atoms with Gasteiger partial charge in [0.2, 0.25) is 11.8 Å². The lowest BCUT2D eigenvalue weighted by Gasteiger charge is -2.02. The van der Waals surface area contributed by atoms with Crippen molar-refractivity contribution in [2.24, 2.45) is 0 Å². The van der Waals surface area contributed by atoms with Gasteiger partial charge in [0.1, 0.15) is 0 Å². The number of benzene rings is 1. The first kappa shape index (κ1) is 12.4. The van der Waals surface area contributed by atoms with E-state index < -0.39 is 0 Å². The number of nitrogens with one attached hydrogen (secondary N) is 1. The summed E-state index contributed by atoms with van der Waals surface area (Å²) in [6.07, 6.45) is 3.24. The van der Waals surface area contributed by atoms with Crippen molar-refractivity contribution in [1.82, 2.24) is 15.5 Å². The topological polar surface area (TPSA) is 51.0 Å². The molecule has 0 radical (unpaired) electrons. The molecule has 0 atom stereocenters. The highest BCUT2D eigenvalue weighted by atomic mass is 16.4. The van der Waals surface area contributed by atoms with Crippen LogP contribution in [-0.4, -0.2) is 16.2 Å². The van der Waals surface area contributed by atoms with Gasteiger partial charge in [-0.15, -0.1) is 10.2 Å². The average molecular weight is 257 g/mol. The van der Waals surface area contributed by atoms with E-state index in [0.717, 1.165) is 0 Å². The van der Waals surface area contributed by atoms with Crippen LogP contribution in [0.4, 0.5) is 0 Å². The lowest BCUT2D eigenvalue weighted by molar-refractivity contribution is 0.438. The smallest absolute Gasteiger partial charge is 0.230 e. The van der Waals surface area contributed by atoms with Gasteiger partial charge in [0, 0.05) is 6.04 Å². The quantitative estimate of drug-likeness (QED) is 0.894. The summed E-state index contributed by atoms with van der Waals surface area (Å²) in [5.74, 6) is 1.38.